The van der Waals surface area contributed by atoms with Crippen molar-refractivity contribution in [2.45, 2.75) is 16.3 Å². The van der Waals surface area contributed by atoms with E-state index in [-0.39, 0.29) is 16.4 Å². The molecule has 2 rings (SSSR count). The van der Waals surface area contributed by atoms with Crippen LogP contribution in [0.15, 0.2) is 23.4 Å². The SMILES string of the molecule is O=S1(=O)CC(Cl)C(NS(=O)(=O)c2cncc(F)c2)C1. The van der Waals surface area contributed by atoms with E-state index in [1.165, 1.54) is 0 Å². The van der Waals surface area contributed by atoms with Gasteiger partial charge < -0.3 is 0 Å². The van der Waals surface area contributed by atoms with Crippen molar-refractivity contribution >= 4 is 31.5 Å². The minimum absolute atomic E-state index is 0.289. The molecule has 19 heavy (non-hydrogen) atoms. The molecule has 0 amide bonds. The molecule has 1 fully saturated rings. The van der Waals surface area contributed by atoms with Crippen LogP contribution in [0.4, 0.5) is 4.39 Å². The Balaban J connectivity index is 2.23. The smallest absolute Gasteiger partial charge is 0.242 e. The highest BCUT2D eigenvalue weighted by Gasteiger charge is 2.39. The van der Waals surface area contributed by atoms with Crippen molar-refractivity contribution < 1.29 is 21.2 Å². The van der Waals surface area contributed by atoms with Gasteiger partial charge in [-0.1, -0.05) is 0 Å². The maximum absolute atomic E-state index is 12.9. The molecule has 0 aromatic carbocycles. The van der Waals surface area contributed by atoms with E-state index in [9.17, 15) is 21.2 Å². The number of nitrogens with zero attached hydrogens (tertiary/aromatic N) is 1. The summed E-state index contributed by atoms with van der Waals surface area (Å²) >= 11 is 5.79. The molecule has 0 aliphatic carbocycles. The third-order valence-corrected chi connectivity index (χ3v) is 6.41. The highest BCUT2D eigenvalue weighted by molar-refractivity contribution is 7.92. The van der Waals surface area contributed by atoms with Gasteiger partial charge in [-0.25, -0.2) is 25.9 Å². The van der Waals surface area contributed by atoms with Crippen molar-refractivity contribution in [2.75, 3.05) is 11.5 Å². The molecular formula is C9H10ClFN2O4S2. The second kappa shape index (κ2) is 4.97. The van der Waals surface area contributed by atoms with Gasteiger partial charge in [-0.15, -0.1) is 11.6 Å². The van der Waals surface area contributed by atoms with E-state index in [1.807, 2.05) is 0 Å². The predicted octanol–water partition coefficient (Wildman–Crippen LogP) is -0.0966. The molecular weight excluding hydrogens is 319 g/mol. The van der Waals surface area contributed by atoms with Gasteiger partial charge in [-0.05, 0) is 6.07 Å². The van der Waals surface area contributed by atoms with Crippen LogP contribution in [0.25, 0.3) is 0 Å². The molecule has 106 valence electrons. The summed E-state index contributed by atoms with van der Waals surface area (Å²) < 4.78 is 61.6. The Kier molecular flexibility index (Phi) is 3.83. The van der Waals surface area contributed by atoms with Crippen LogP contribution in [-0.4, -0.2) is 44.7 Å². The predicted molar refractivity (Wildman–Crippen MR) is 66.6 cm³/mol. The lowest BCUT2D eigenvalue weighted by molar-refractivity contribution is 0.559. The lowest BCUT2D eigenvalue weighted by Crippen LogP contribution is -2.40. The maximum Gasteiger partial charge on any atom is 0.242 e. The van der Waals surface area contributed by atoms with E-state index < -0.39 is 37.1 Å². The zero-order chi connectivity index (χ0) is 14.3. The van der Waals surface area contributed by atoms with Crippen LogP contribution >= 0.6 is 11.6 Å². The Morgan fingerprint density at radius 3 is 2.58 bits per heavy atom. The average Bonchev–Trinajstić information content (AvgIpc) is 2.51. The topological polar surface area (TPSA) is 93.2 Å². The zero-order valence-electron chi connectivity index (χ0n) is 9.45. The van der Waals surface area contributed by atoms with Gasteiger partial charge in [0.05, 0.1) is 29.1 Å². The molecule has 1 aliphatic heterocycles. The van der Waals surface area contributed by atoms with Crippen LogP contribution in [0.2, 0.25) is 0 Å². The van der Waals surface area contributed by atoms with Crippen LogP contribution in [0.5, 0.6) is 0 Å². The summed E-state index contributed by atoms with van der Waals surface area (Å²) in [6, 6.07) is -0.137. The molecule has 6 nitrogen and oxygen atoms in total. The molecule has 1 N–H and O–H groups in total. The Morgan fingerprint density at radius 2 is 2.05 bits per heavy atom. The number of nitrogens with one attached hydrogen (secondary N) is 1. The first-order valence-electron chi connectivity index (χ1n) is 5.17. The molecule has 0 saturated carbocycles. The number of sulfonamides is 1. The average molecular weight is 329 g/mol. The fourth-order valence-electron chi connectivity index (χ4n) is 1.72. The van der Waals surface area contributed by atoms with Crippen LogP contribution in [0.1, 0.15) is 0 Å². The van der Waals surface area contributed by atoms with Crippen molar-refractivity contribution in [3.05, 3.63) is 24.3 Å². The Bertz CT molecular complexity index is 692. The van der Waals surface area contributed by atoms with Gasteiger partial charge in [0.15, 0.2) is 9.84 Å². The number of rotatable bonds is 3. The molecule has 0 radical (unpaired) electrons. The molecule has 10 heteroatoms. The van der Waals surface area contributed by atoms with E-state index in [1.54, 1.807) is 0 Å². The summed E-state index contributed by atoms with van der Waals surface area (Å²) in [7, 11) is -7.41. The second-order valence-electron chi connectivity index (χ2n) is 4.16. The van der Waals surface area contributed by atoms with E-state index in [0.29, 0.717) is 0 Å². The lowest BCUT2D eigenvalue weighted by atomic mass is 10.3. The molecule has 1 saturated heterocycles. The second-order valence-corrected chi connectivity index (χ2v) is 8.59. The summed E-state index contributed by atoms with van der Waals surface area (Å²) in [5, 5.41) is -0.846. The molecule has 0 bridgehead atoms. The van der Waals surface area contributed by atoms with Gasteiger partial charge in [-0.3, -0.25) is 4.98 Å². The van der Waals surface area contributed by atoms with E-state index in [2.05, 4.69) is 9.71 Å². The summed E-state index contributed by atoms with van der Waals surface area (Å²) in [6.45, 7) is 0. The first kappa shape index (κ1) is 14.6. The number of sulfone groups is 1. The van der Waals surface area contributed by atoms with Crippen LogP contribution in [0.3, 0.4) is 0 Å². The molecule has 1 aromatic rings. The van der Waals surface area contributed by atoms with E-state index in [0.717, 1.165) is 18.5 Å². The highest BCUT2D eigenvalue weighted by atomic mass is 35.5. The van der Waals surface area contributed by atoms with Crippen molar-refractivity contribution in [1.82, 2.24) is 9.71 Å². The minimum Gasteiger partial charge on any atom is -0.260 e. The van der Waals surface area contributed by atoms with Gasteiger partial charge in [0, 0.05) is 6.20 Å². The largest absolute Gasteiger partial charge is 0.260 e. The number of aromatic nitrogens is 1. The van der Waals surface area contributed by atoms with Crippen molar-refractivity contribution in [1.29, 1.82) is 0 Å². The first-order valence-corrected chi connectivity index (χ1v) is 8.91. The monoisotopic (exact) mass is 328 g/mol. The number of hydrogen-bond donors (Lipinski definition) is 1. The summed E-state index contributed by atoms with van der Waals surface area (Å²) in [6.07, 6.45) is 1.83. The Hall–Kier alpha value is -0.770. The van der Waals surface area contributed by atoms with E-state index in [4.69, 9.17) is 11.6 Å². The van der Waals surface area contributed by atoms with Crippen LogP contribution in [0, 0.1) is 5.82 Å². The van der Waals surface area contributed by atoms with Crippen LogP contribution in [-0.2, 0) is 19.9 Å². The molecule has 2 atom stereocenters. The van der Waals surface area contributed by atoms with Gasteiger partial charge in [0.1, 0.15) is 10.7 Å². The summed E-state index contributed by atoms with van der Waals surface area (Å²) in [5.41, 5.74) is 0. The molecule has 2 heterocycles. The quantitative estimate of drug-likeness (QED) is 0.782. The summed E-state index contributed by atoms with van der Waals surface area (Å²) in [4.78, 5) is 3.05. The Labute approximate surface area is 115 Å². The standard InChI is InChI=1S/C9H10ClFN2O4S2/c10-8-4-18(14,15)5-9(8)13-19(16,17)7-1-6(11)2-12-3-7/h1-3,8-9,13H,4-5H2. The summed E-state index contributed by atoms with van der Waals surface area (Å²) in [5.74, 6) is -1.46. The molecule has 0 spiro atoms. The first-order chi connectivity index (χ1) is 8.70. The van der Waals surface area contributed by atoms with Gasteiger partial charge >= 0.3 is 0 Å². The van der Waals surface area contributed by atoms with Crippen molar-refractivity contribution in [2.24, 2.45) is 0 Å². The number of alkyl halides is 1. The number of pyridine rings is 1. The third-order valence-electron chi connectivity index (χ3n) is 2.58. The number of hydrogen-bond acceptors (Lipinski definition) is 5. The Morgan fingerprint density at radius 1 is 1.37 bits per heavy atom. The van der Waals surface area contributed by atoms with Gasteiger partial charge in [0.25, 0.3) is 0 Å². The lowest BCUT2D eigenvalue weighted by Gasteiger charge is -2.14. The highest BCUT2D eigenvalue weighted by Crippen LogP contribution is 2.20. The van der Waals surface area contributed by atoms with E-state index >= 15 is 0 Å². The molecule has 1 aliphatic rings. The van der Waals surface area contributed by atoms with Gasteiger partial charge in [0.2, 0.25) is 10.0 Å². The fraction of sp³-hybridized carbons (Fsp3) is 0.444. The molecule has 2 unspecified atom stereocenters. The minimum atomic E-state index is -4.05. The zero-order valence-corrected chi connectivity index (χ0v) is 11.8. The third kappa shape index (κ3) is 3.41. The maximum atomic E-state index is 12.9. The normalized spacial score (nSPS) is 26.4. The fourth-order valence-corrected chi connectivity index (χ4v) is 5.70. The number of halogens is 2. The van der Waals surface area contributed by atoms with Gasteiger partial charge in [-0.2, -0.15) is 0 Å². The van der Waals surface area contributed by atoms with Crippen molar-refractivity contribution in [3.8, 4) is 0 Å². The van der Waals surface area contributed by atoms with Crippen molar-refractivity contribution in [3.63, 3.8) is 0 Å². The van der Waals surface area contributed by atoms with Crippen LogP contribution < -0.4 is 4.72 Å². The molecule has 1 aromatic heterocycles.